The van der Waals surface area contributed by atoms with Gasteiger partial charge >= 0.3 is 0 Å². The van der Waals surface area contributed by atoms with Gasteiger partial charge in [0.1, 0.15) is 6.10 Å². The zero-order valence-corrected chi connectivity index (χ0v) is 14.3. The highest BCUT2D eigenvalue weighted by molar-refractivity contribution is 5.95. The number of benzene rings is 1. The van der Waals surface area contributed by atoms with E-state index in [1.807, 2.05) is 23.1 Å². The van der Waals surface area contributed by atoms with Gasteiger partial charge in [0.2, 0.25) is 5.88 Å². The van der Waals surface area contributed by atoms with Gasteiger partial charge in [-0.05, 0) is 17.5 Å². The van der Waals surface area contributed by atoms with Crippen molar-refractivity contribution in [1.29, 1.82) is 0 Å². The Hall–Kier alpha value is -2.40. The highest BCUT2D eigenvalue weighted by Gasteiger charge is 2.40. The van der Waals surface area contributed by atoms with Crippen LogP contribution in [0.25, 0.3) is 0 Å². The molecular formula is C20H22N2O3. The van der Waals surface area contributed by atoms with Gasteiger partial charge < -0.3 is 14.4 Å². The summed E-state index contributed by atoms with van der Waals surface area (Å²) in [7, 11) is 0. The van der Waals surface area contributed by atoms with E-state index in [4.69, 9.17) is 9.47 Å². The van der Waals surface area contributed by atoms with E-state index in [0.717, 1.165) is 13.0 Å². The first kappa shape index (κ1) is 16.1. The van der Waals surface area contributed by atoms with Crippen molar-refractivity contribution < 1.29 is 14.3 Å². The molecule has 5 heteroatoms. The molecule has 0 saturated carbocycles. The highest BCUT2D eigenvalue weighted by atomic mass is 16.5. The lowest BCUT2D eigenvalue weighted by molar-refractivity contribution is 0.0197. The Morgan fingerprint density at radius 2 is 2.12 bits per heavy atom. The van der Waals surface area contributed by atoms with Gasteiger partial charge in [0.15, 0.2) is 0 Å². The minimum atomic E-state index is 0.0268. The van der Waals surface area contributed by atoms with E-state index < -0.39 is 0 Å². The summed E-state index contributed by atoms with van der Waals surface area (Å²) >= 11 is 0. The van der Waals surface area contributed by atoms with E-state index in [9.17, 15) is 4.79 Å². The molecule has 1 amide bonds. The number of carbonyl (C=O) groups is 1. The summed E-state index contributed by atoms with van der Waals surface area (Å²) in [5, 5.41) is 0. The minimum absolute atomic E-state index is 0.0268. The van der Waals surface area contributed by atoms with Crippen molar-refractivity contribution in [1.82, 2.24) is 9.88 Å². The van der Waals surface area contributed by atoms with E-state index in [1.54, 1.807) is 18.3 Å². The van der Waals surface area contributed by atoms with Gasteiger partial charge in [0.25, 0.3) is 5.91 Å². The summed E-state index contributed by atoms with van der Waals surface area (Å²) < 4.78 is 11.1. The molecule has 1 aromatic heterocycles. The Labute approximate surface area is 147 Å². The Bertz CT molecular complexity index is 744. The molecular weight excluding hydrogens is 316 g/mol. The van der Waals surface area contributed by atoms with Crippen molar-refractivity contribution in [2.45, 2.75) is 25.5 Å². The average Bonchev–Trinajstić information content (AvgIpc) is 3.13. The summed E-state index contributed by atoms with van der Waals surface area (Å²) in [5.74, 6) is 0.979. The van der Waals surface area contributed by atoms with Gasteiger partial charge in [0, 0.05) is 30.8 Å². The molecule has 2 aromatic rings. The SMILES string of the molecule is CC1CN(C(=O)c2ccnc(OC3CCOC3)c2)C1c1ccccc1. The molecule has 0 N–H and O–H groups in total. The normalized spacial score (nSPS) is 25.5. The van der Waals surface area contributed by atoms with Crippen molar-refractivity contribution in [2.24, 2.45) is 5.92 Å². The molecule has 1 aromatic carbocycles. The molecule has 0 aliphatic carbocycles. The van der Waals surface area contributed by atoms with Crippen molar-refractivity contribution in [3.8, 4) is 5.88 Å². The largest absolute Gasteiger partial charge is 0.472 e. The molecule has 2 aliphatic rings. The zero-order valence-electron chi connectivity index (χ0n) is 14.3. The molecule has 5 nitrogen and oxygen atoms in total. The lowest BCUT2D eigenvalue weighted by Gasteiger charge is -2.47. The van der Waals surface area contributed by atoms with Crippen molar-refractivity contribution >= 4 is 5.91 Å². The maximum absolute atomic E-state index is 13.0. The van der Waals surface area contributed by atoms with Gasteiger partial charge in [-0.1, -0.05) is 37.3 Å². The lowest BCUT2D eigenvalue weighted by atomic mass is 9.84. The fraction of sp³-hybridized carbons (Fsp3) is 0.400. The third-order valence-corrected chi connectivity index (χ3v) is 4.92. The van der Waals surface area contributed by atoms with Crippen LogP contribution in [-0.4, -0.2) is 41.7 Å². The van der Waals surface area contributed by atoms with Crippen molar-refractivity contribution in [3.63, 3.8) is 0 Å². The lowest BCUT2D eigenvalue weighted by Crippen LogP contribution is -2.51. The second-order valence-corrected chi connectivity index (χ2v) is 6.78. The fourth-order valence-corrected chi connectivity index (χ4v) is 3.61. The Kier molecular flexibility index (Phi) is 4.40. The predicted molar refractivity (Wildman–Crippen MR) is 93.5 cm³/mol. The van der Waals surface area contributed by atoms with Crippen LogP contribution in [0.4, 0.5) is 0 Å². The standard InChI is InChI=1S/C20H22N2O3/c1-14-12-22(19(14)15-5-3-2-4-6-15)20(23)16-7-9-21-18(11-16)25-17-8-10-24-13-17/h2-7,9,11,14,17,19H,8,10,12-13H2,1H3. The summed E-state index contributed by atoms with van der Waals surface area (Å²) in [4.78, 5) is 19.1. The van der Waals surface area contributed by atoms with Crippen LogP contribution >= 0.6 is 0 Å². The van der Waals surface area contributed by atoms with Gasteiger partial charge in [-0.25, -0.2) is 4.98 Å². The molecule has 3 heterocycles. The van der Waals surface area contributed by atoms with Crippen LogP contribution in [0.15, 0.2) is 48.7 Å². The number of amides is 1. The number of ether oxygens (including phenoxy) is 2. The van der Waals surface area contributed by atoms with Gasteiger partial charge in [-0.15, -0.1) is 0 Å². The summed E-state index contributed by atoms with van der Waals surface area (Å²) in [6.45, 7) is 4.25. The third kappa shape index (κ3) is 3.24. The second-order valence-electron chi connectivity index (χ2n) is 6.78. The number of hydrogen-bond acceptors (Lipinski definition) is 4. The van der Waals surface area contributed by atoms with E-state index in [0.29, 0.717) is 30.6 Å². The minimum Gasteiger partial charge on any atom is -0.472 e. The number of hydrogen-bond donors (Lipinski definition) is 0. The number of nitrogens with zero attached hydrogens (tertiary/aromatic N) is 2. The number of rotatable bonds is 4. The smallest absolute Gasteiger partial charge is 0.254 e. The number of pyridine rings is 1. The second kappa shape index (κ2) is 6.84. The molecule has 130 valence electrons. The monoisotopic (exact) mass is 338 g/mol. The Morgan fingerprint density at radius 3 is 2.84 bits per heavy atom. The zero-order chi connectivity index (χ0) is 17.2. The fourth-order valence-electron chi connectivity index (χ4n) is 3.61. The van der Waals surface area contributed by atoms with E-state index >= 15 is 0 Å². The first-order valence-corrected chi connectivity index (χ1v) is 8.79. The van der Waals surface area contributed by atoms with E-state index in [2.05, 4.69) is 24.0 Å². The van der Waals surface area contributed by atoms with Crippen LogP contribution in [0.5, 0.6) is 5.88 Å². The molecule has 25 heavy (non-hydrogen) atoms. The van der Waals surface area contributed by atoms with Crippen LogP contribution in [0.3, 0.4) is 0 Å². The quantitative estimate of drug-likeness (QED) is 0.860. The number of carbonyl (C=O) groups excluding carboxylic acids is 1. The number of likely N-dealkylation sites (tertiary alicyclic amines) is 1. The summed E-state index contributed by atoms with van der Waals surface area (Å²) in [6.07, 6.45) is 2.53. The maximum Gasteiger partial charge on any atom is 0.254 e. The van der Waals surface area contributed by atoms with E-state index in [1.165, 1.54) is 5.56 Å². The van der Waals surface area contributed by atoms with Gasteiger partial charge in [0.05, 0.1) is 19.3 Å². The third-order valence-electron chi connectivity index (χ3n) is 4.92. The van der Waals surface area contributed by atoms with Gasteiger partial charge in [-0.3, -0.25) is 4.79 Å². The Morgan fingerprint density at radius 1 is 1.28 bits per heavy atom. The highest BCUT2D eigenvalue weighted by Crippen LogP contribution is 2.39. The molecule has 2 aliphatic heterocycles. The summed E-state index contributed by atoms with van der Waals surface area (Å²) in [6, 6.07) is 13.8. The van der Waals surface area contributed by atoms with Gasteiger partial charge in [-0.2, -0.15) is 0 Å². The summed E-state index contributed by atoms with van der Waals surface area (Å²) in [5.41, 5.74) is 1.81. The molecule has 0 bridgehead atoms. The number of aromatic nitrogens is 1. The van der Waals surface area contributed by atoms with Crippen molar-refractivity contribution in [3.05, 3.63) is 59.8 Å². The van der Waals surface area contributed by atoms with Crippen LogP contribution in [0, 0.1) is 5.92 Å². The van der Waals surface area contributed by atoms with Crippen LogP contribution < -0.4 is 4.74 Å². The van der Waals surface area contributed by atoms with Crippen LogP contribution in [0.2, 0.25) is 0 Å². The Balaban J connectivity index is 1.50. The van der Waals surface area contributed by atoms with Crippen LogP contribution in [0.1, 0.15) is 35.3 Å². The van der Waals surface area contributed by atoms with Crippen molar-refractivity contribution in [2.75, 3.05) is 19.8 Å². The first-order valence-electron chi connectivity index (χ1n) is 8.79. The topological polar surface area (TPSA) is 51.7 Å². The predicted octanol–water partition coefficient (Wildman–Crippen LogP) is 3.08. The molecule has 2 fully saturated rings. The molecule has 0 spiro atoms. The average molecular weight is 338 g/mol. The van der Waals surface area contributed by atoms with Crippen LogP contribution in [-0.2, 0) is 4.74 Å². The maximum atomic E-state index is 13.0. The molecule has 0 radical (unpaired) electrons. The molecule has 2 saturated heterocycles. The molecule has 4 rings (SSSR count). The molecule has 3 atom stereocenters. The first-order chi connectivity index (χ1) is 12.2. The van der Waals surface area contributed by atoms with E-state index in [-0.39, 0.29) is 18.1 Å². The molecule has 3 unspecified atom stereocenters.